The fourth-order valence-corrected chi connectivity index (χ4v) is 7.50. The summed E-state index contributed by atoms with van der Waals surface area (Å²) in [6.45, 7) is 24.4. The van der Waals surface area contributed by atoms with Crippen LogP contribution in [0.3, 0.4) is 0 Å². The summed E-state index contributed by atoms with van der Waals surface area (Å²) in [5.74, 6) is -8.74. The Labute approximate surface area is 422 Å². The Bertz CT molecular complexity index is 2180. The standard InChI is InChI=1S/C50H79FN8O13/c1-28(70-47(6,7)8)41(36(61)22-31(27-69-46(3,4)5)43(65)53-34(44(66)67)24-40(64)72-49(12,13)14)55-45(68)50(15,25-30-18-16-17-19-32(30)51)26-37(62)42(29(2)71-48(9,10)11)54-39(63)21-20-35(60)33(52)23-38-56-58-59-57-38/h16-19,28-29,31,33-34,41-42H,20-27,52H2,1-15H3,(H,53,65)(H,54,63)(H,55,68)(H,66,67)(H,56,57,58,59)/t28-,29-,31+,33+,34+,41+,42+,50-/m1/s1. The molecule has 7 N–H and O–H groups in total. The highest BCUT2D eigenvalue weighted by Crippen LogP contribution is 2.32. The van der Waals surface area contributed by atoms with E-state index in [4.69, 9.17) is 24.7 Å². The number of aromatic amines is 1. The number of nitrogens with two attached hydrogens (primary N) is 1. The molecule has 0 bridgehead atoms. The van der Waals surface area contributed by atoms with Gasteiger partial charge in [0.15, 0.2) is 23.2 Å². The van der Waals surface area contributed by atoms with Crippen molar-refractivity contribution < 1.29 is 66.8 Å². The number of ketones is 3. The molecule has 1 aromatic carbocycles. The van der Waals surface area contributed by atoms with Crippen LogP contribution in [0.4, 0.5) is 4.39 Å². The van der Waals surface area contributed by atoms with E-state index in [1.807, 2.05) is 0 Å². The van der Waals surface area contributed by atoms with Crippen LogP contribution in [0.2, 0.25) is 0 Å². The van der Waals surface area contributed by atoms with E-state index in [0.29, 0.717) is 0 Å². The van der Waals surface area contributed by atoms with Crippen molar-refractivity contribution in [3.63, 3.8) is 0 Å². The number of rotatable bonds is 28. The summed E-state index contributed by atoms with van der Waals surface area (Å²) in [5.41, 5.74) is 0.718. The number of Topliss-reactive ketones (excluding diaryl/α,β-unsaturated/α-hetero) is 3. The molecule has 0 aliphatic heterocycles. The number of halogens is 1. The van der Waals surface area contributed by atoms with Crippen molar-refractivity contribution in [2.45, 2.75) is 208 Å². The number of tetrazole rings is 1. The molecule has 0 saturated carbocycles. The summed E-state index contributed by atoms with van der Waals surface area (Å²) in [4.78, 5) is 110. The molecule has 72 heavy (non-hydrogen) atoms. The quantitative estimate of drug-likeness (QED) is 0.0660. The van der Waals surface area contributed by atoms with Gasteiger partial charge in [0, 0.05) is 32.1 Å². The maximum absolute atomic E-state index is 15.5. The van der Waals surface area contributed by atoms with Gasteiger partial charge in [0.05, 0.1) is 59.4 Å². The van der Waals surface area contributed by atoms with Crippen molar-refractivity contribution in [1.82, 2.24) is 36.6 Å². The van der Waals surface area contributed by atoms with Gasteiger partial charge in [-0.15, -0.1) is 10.2 Å². The first-order valence-corrected chi connectivity index (χ1v) is 24.0. The van der Waals surface area contributed by atoms with Crippen LogP contribution in [0, 0.1) is 17.2 Å². The zero-order chi connectivity index (χ0) is 55.2. The first-order chi connectivity index (χ1) is 32.9. The number of esters is 1. The third kappa shape index (κ3) is 22.9. The van der Waals surface area contributed by atoms with E-state index < -0.39 is 149 Å². The molecule has 404 valence electrons. The SMILES string of the molecule is C[C@@H](OC(C)(C)C)[C@H](NC(=O)CCC(=O)[C@@H](N)Cc1nn[nH]n1)C(=O)C[C@@](C)(Cc1ccccc1F)C(=O)N[C@H](C(=O)C[C@@H](COC(C)(C)C)C(=O)N[C@@H](CC(=O)OC(C)(C)C)C(=O)O)[C@@H](C)OC(C)(C)C. The summed E-state index contributed by atoms with van der Waals surface area (Å²) < 4.78 is 39.0. The van der Waals surface area contributed by atoms with Gasteiger partial charge >= 0.3 is 11.9 Å². The average molecular weight is 1020 g/mol. The highest BCUT2D eigenvalue weighted by atomic mass is 19.1. The van der Waals surface area contributed by atoms with Crippen LogP contribution in [0.25, 0.3) is 0 Å². The van der Waals surface area contributed by atoms with Gasteiger partial charge in [0.1, 0.15) is 29.5 Å². The molecular weight excluding hydrogens is 940 g/mol. The number of carbonyl (C=O) groups excluding carboxylic acids is 7. The van der Waals surface area contributed by atoms with Crippen LogP contribution < -0.4 is 21.7 Å². The van der Waals surface area contributed by atoms with Crippen molar-refractivity contribution in [1.29, 1.82) is 0 Å². The monoisotopic (exact) mass is 1020 g/mol. The molecule has 3 amide bonds. The first-order valence-electron chi connectivity index (χ1n) is 24.0. The van der Waals surface area contributed by atoms with Gasteiger partial charge in [-0.05, 0) is 115 Å². The molecule has 1 heterocycles. The summed E-state index contributed by atoms with van der Waals surface area (Å²) >= 11 is 0. The average Bonchev–Trinajstić information content (AvgIpc) is 3.73. The Morgan fingerprint density at radius 2 is 1.31 bits per heavy atom. The number of carboxylic acid groups (broad SMARTS) is 1. The third-order valence-electron chi connectivity index (χ3n) is 10.7. The van der Waals surface area contributed by atoms with E-state index in [9.17, 15) is 38.7 Å². The fourth-order valence-electron chi connectivity index (χ4n) is 7.50. The number of hydrogen-bond donors (Lipinski definition) is 6. The number of carboxylic acids is 1. The molecule has 0 aliphatic rings. The Hall–Kier alpha value is -5.58. The summed E-state index contributed by atoms with van der Waals surface area (Å²) in [6.07, 6.45) is -5.18. The lowest BCUT2D eigenvalue weighted by molar-refractivity contribution is -0.159. The van der Waals surface area contributed by atoms with Crippen LogP contribution in [-0.4, -0.2) is 138 Å². The molecule has 0 spiro atoms. The van der Waals surface area contributed by atoms with Gasteiger partial charge in [0.25, 0.3) is 0 Å². The molecular formula is C50H79FN8O13. The number of carbonyl (C=O) groups is 8. The van der Waals surface area contributed by atoms with Gasteiger partial charge in [-0.3, -0.25) is 33.6 Å². The van der Waals surface area contributed by atoms with Gasteiger partial charge in [0.2, 0.25) is 17.7 Å². The lowest BCUT2D eigenvalue weighted by Crippen LogP contribution is -2.57. The van der Waals surface area contributed by atoms with Crippen LogP contribution in [0.5, 0.6) is 0 Å². The largest absolute Gasteiger partial charge is 0.480 e. The molecule has 0 fully saturated rings. The van der Waals surface area contributed by atoms with Crippen LogP contribution >= 0.6 is 0 Å². The molecule has 8 atom stereocenters. The molecule has 1 aromatic heterocycles. The third-order valence-corrected chi connectivity index (χ3v) is 10.7. The highest BCUT2D eigenvalue weighted by molar-refractivity contribution is 5.98. The van der Waals surface area contributed by atoms with Crippen molar-refractivity contribution in [2.75, 3.05) is 6.61 Å². The minimum absolute atomic E-state index is 0.0309. The number of nitrogens with zero attached hydrogens (tertiary/aromatic N) is 3. The molecule has 2 aromatic rings. The van der Waals surface area contributed by atoms with E-state index in [1.165, 1.54) is 32.0 Å². The van der Waals surface area contributed by atoms with Crippen molar-refractivity contribution in [3.05, 3.63) is 41.5 Å². The number of hydrogen-bond acceptors (Lipinski definition) is 16. The molecule has 21 nitrogen and oxygen atoms in total. The molecule has 2 rings (SSSR count). The normalized spacial score (nSPS) is 16.1. The predicted molar refractivity (Wildman–Crippen MR) is 261 cm³/mol. The minimum Gasteiger partial charge on any atom is -0.480 e. The summed E-state index contributed by atoms with van der Waals surface area (Å²) in [7, 11) is 0. The number of amides is 3. The van der Waals surface area contributed by atoms with Crippen LogP contribution in [0.15, 0.2) is 24.3 Å². The van der Waals surface area contributed by atoms with Gasteiger partial charge in [-0.2, -0.15) is 5.21 Å². The van der Waals surface area contributed by atoms with Gasteiger partial charge in [-0.25, -0.2) is 9.18 Å². The smallest absolute Gasteiger partial charge is 0.326 e. The predicted octanol–water partition coefficient (Wildman–Crippen LogP) is 3.83. The van der Waals surface area contributed by atoms with Crippen LogP contribution in [0.1, 0.15) is 147 Å². The number of aliphatic carboxylic acids is 1. The second kappa shape index (κ2) is 26.4. The number of H-pyrrole nitrogens is 1. The van der Waals surface area contributed by atoms with Gasteiger partial charge in [-0.1, -0.05) is 30.3 Å². The van der Waals surface area contributed by atoms with E-state index in [2.05, 4.69) is 36.6 Å². The maximum atomic E-state index is 15.5. The first kappa shape index (κ1) is 62.5. The summed E-state index contributed by atoms with van der Waals surface area (Å²) in [6, 6.07) is -0.0862. The van der Waals surface area contributed by atoms with Gasteiger partial charge < -0.3 is 45.7 Å². The van der Waals surface area contributed by atoms with Crippen molar-refractivity contribution in [3.8, 4) is 0 Å². The number of benzene rings is 1. The van der Waals surface area contributed by atoms with Crippen molar-refractivity contribution in [2.24, 2.45) is 17.1 Å². The topological polar surface area (TPSA) is 310 Å². The van der Waals surface area contributed by atoms with E-state index in [-0.39, 0.29) is 37.1 Å². The van der Waals surface area contributed by atoms with Crippen molar-refractivity contribution >= 4 is 47.0 Å². The Balaban J connectivity index is 2.61. The van der Waals surface area contributed by atoms with Crippen LogP contribution in [-0.2, 0) is 70.1 Å². The Morgan fingerprint density at radius 1 is 0.736 bits per heavy atom. The fraction of sp³-hybridized carbons (Fsp3) is 0.700. The zero-order valence-corrected chi connectivity index (χ0v) is 44.7. The second-order valence-corrected chi connectivity index (χ2v) is 22.4. The lowest BCUT2D eigenvalue weighted by Gasteiger charge is -2.36. The Morgan fingerprint density at radius 3 is 1.81 bits per heavy atom. The van der Waals surface area contributed by atoms with E-state index in [0.717, 1.165) is 0 Å². The second-order valence-electron chi connectivity index (χ2n) is 22.4. The highest BCUT2D eigenvalue weighted by Gasteiger charge is 2.44. The zero-order valence-electron chi connectivity index (χ0n) is 44.7. The Kier molecular flexibility index (Phi) is 22.9. The van der Waals surface area contributed by atoms with E-state index >= 15 is 9.18 Å². The maximum Gasteiger partial charge on any atom is 0.326 e. The summed E-state index contributed by atoms with van der Waals surface area (Å²) in [5, 5.41) is 31.1. The molecule has 0 saturated heterocycles. The molecule has 0 unspecified atom stereocenters. The van der Waals surface area contributed by atoms with E-state index in [1.54, 1.807) is 96.1 Å². The molecule has 22 heteroatoms. The minimum atomic E-state index is -1.86. The number of aromatic nitrogens is 4. The molecule has 0 radical (unpaired) electrons. The lowest BCUT2D eigenvalue weighted by atomic mass is 9.76. The molecule has 0 aliphatic carbocycles. The number of nitrogens with one attached hydrogen (secondary N) is 4. The number of ether oxygens (including phenoxy) is 4.